The number of carbonyl (C=O) groups excluding carboxylic acids is 1. The Kier molecular flexibility index (Phi) is 9.16. The number of sulfonamides is 1. The molecule has 1 unspecified atom stereocenters. The Labute approximate surface area is 187 Å². The maximum Gasteiger partial charge on any atom is 0.224 e. The first-order valence-corrected chi connectivity index (χ1v) is 13.5. The van der Waals surface area contributed by atoms with Gasteiger partial charge in [-0.2, -0.15) is 0 Å². The molecular formula is C23H37N3O4S. The second-order valence-corrected chi connectivity index (χ2v) is 10.6. The third kappa shape index (κ3) is 8.43. The monoisotopic (exact) mass is 451 g/mol. The van der Waals surface area contributed by atoms with E-state index in [1.54, 1.807) is 0 Å². The van der Waals surface area contributed by atoms with E-state index >= 15 is 0 Å². The van der Waals surface area contributed by atoms with Crippen LogP contribution in [0.15, 0.2) is 24.3 Å². The molecule has 0 radical (unpaired) electrons. The van der Waals surface area contributed by atoms with Crippen molar-refractivity contribution in [2.75, 3.05) is 45.6 Å². The number of fused-ring (bicyclic) bond motifs is 3. The second kappa shape index (κ2) is 11.8. The summed E-state index contributed by atoms with van der Waals surface area (Å²) >= 11 is 0. The van der Waals surface area contributed by atoms with Crippen molar-refractivity contribution in [2.24, 2.45) is 0 Å². The van der Waals surface area contributed by atoms with E-state index < -0.39 is 10.0 Å². The maximum atomic E-state index is 12.7. The summed E-state index contributed by atoms with van der Waals surface area (Å²) in [5.74, 6) is 0.813. The first kappa shape index (κ1) is 24.0. The van der Waals surface area contributed by atoms with E-state index in [2.05, 4.69) is 21.8 Å². The molecule has 31 heavy (non-hydrogen) atoms. The lowest BCUT2D eigenvalue weighted by Gasteiger charge is -2.36. The van der Waals surface area contributed by atoms with Crippen LogP contribution in [0.25, 0.3) is 0 Å². The van der Waals surface area contributed by atoms with E-state index in [0.717, 1.165) is 37.8 Å². The van der Waals surface area contributed by atoms with Gasteiger partial charge in [-0.15, -0.1) is 0 Å². The van der Waals surface area contributed by atoms with Gasteiger partial charge in [0.15, 0.2) is 0 Å². The van der Waals surface area contributed by atoms with Crippen LogP contribution in [0, 0.1) is 0 Å². The predicted octanol–water partition coefficient (Wildman–Crippen LogP) is 2.41. The lowest BCUT2D eigenvalue weighted by Crippen LogP contribution is -2.41. The van der Waals surface area contributed by atoms with Crippen LogP contribution in [0.3, 0.4) is 0 Å². The Morgan fingerprint density at radius 2 is 1.87 bits per heavy atom. The fraction of sp³-hybridized carbons (Fsp3) is 0.696. The molecule has 8 heteroatoms. The first-order valence-electron chi connectivity index (χ1n) is 11.6. The van der Waals surface area contributed by atoms with Crippen molar-refractivity contribution < 1.29 is 17.9 Å². The molecule has 1 atom stereocenters. The molecule has 1 aromatic carbocycles. The molecule has 2 aliphatic rings. The molecular weight excluding hydrogens is 414 g/mol. The fourth-order valence-corrected chi connectivity index (χ4v) is 5.03. The minimum absolute atomic E-state index is 0.0336. The van der Waals surface area contributed by atoms with Crippen molar-refractivity contribution in [3.63, 3.8) is 0 Å². The van der Waals surface area contributed by atoms with Crippen LogP contribution in [-0.4, -0.2) is 75.8 Å². The molecule has 2 bridgehead atoms. The van der Waals surface area contributed by atoms with E-state index in [9.17, 15) is 13.2 Å². The van der Waals surface area contributed by atoms with Crippen molar-refractivity contribution in [1.82, 2.24) is 14.5 Å². The van der Waals surface area contributed by atoms with Crippen molar-refractivity contribution >= 4 is 15.9 Å². The minimum atomic E-state index is -3.29. The second-order valence-electron chi connectivity index (χ2n) is 8.72. The summed E-state index contributed by atoms with van der Waals surface area (Å²) in [4.78, 5) is 17.2. The van der Waals surface area contributed by atoms with Gasteiger partial charge in [0.1, 0.15) is 12.4 Å². The SMILES string of the molecule is CS(=O)(=O)NCCC(=O)N1CCCCN2CCCCC2CCc2cccc(c2)OCC1. The van der Waals surface area contributed by atoms with Gasteiger partial charge in [0.05, 0.1) is 12.8 Å². The van der Waals surface area contributed by atoms with Gasteiger partial charge in [0, 0.05) is 25.6 Å². The van der Waals surface area contributed by atoms with Crippen molar-refractivity contribution in [2.45, 2.75) is 57.4 Å². The Balaban J connectivity index is 1.64. The lowest BCUT2D eigenvalue weighted by atomic mass is 9.95. The molecule has 2 heterocycles. The number of carbonyl (C=O) groups is 1. The summed E-state index contributed by atoms with van der Waals surface area (Å²) < 4.78 is 30.9. The van der Waals surface area contributed by atoms with Gasteiger partial charge in [-0.25, -0.2) is 13.1 Å². The lowest BCUT2D eigenvalue weighted by molar-refractivity contribution is -0.131. The zero-order chi connectivity index (χ0) is 22.1. The van der Waals surface area contributed by atoms with Gasteiger partial charge in [0.25, 0.3) is 0 Å². The number of nitrogens with one attached hydrogen (secondary N) is 1. The van der Waals surface area contributed by atoms with Crippen molar-refractivity contribution in [3.8, 4) is 5.75 Å². The smallest absolute Gasteiger partial charge is 0.224 e. The van der Waals surface area contributed by atoms with Gasteiger partial charge >= 0.3 is 0 Å². The zero-order valence-corrected chi connectivity index (χ0v) is 19.5. The summed E-state index contributed by atoms with van der Waals surface area (Å²) in [6.45, 7) is 4.01. The highest BCUT2D eigenvalue weighted by atomic mass is 32.2. The largest absolute Gasteiger partial charge is 0.492 e. The molecule has 174 valence electrons. The third-order valence-electron chi connectivity index (χ3n) is 6.22. The summed E-state index contributed by atoms with van der Waals surface area (Å²) in [5.41, 5.74) is 1.30. The summed E-state index contributed by atoms with van der Waals surface area (Å²) in [5, 5.41) is 0. The van der Waals surface area contributed by atoms with Crippen LogP contribution in [-0.2, 0) is 21.2 Å². The average Bonchev–Trinajstić information content (AvgIpc) is 2.73. The normalized spacial score (nSPS) is 22.0. The van der Waals surface area contributed by atoms with Crippen LogP contribution in [0.4, 0.5) is 0 Å². The number of rotatable bonds is 4. The Hall–Kier alpha value is -1.64. The van der Waals surface area contributed by atoms with Gasteiger partial charge < -0.3 is 14.5 Å². The van der Waals surface area contributed by atoms with Crippen LogP contribution in [0.2, 0.25) is 0 Å². The standard InChI is InChI=1S/C23H37N3O4S/c1-31(28,29)24-13-12-23(27)26-16-5-4-15-25-14-3-2-8-21(25)11-10-20-7-6-9-22(19-20)30-18-17-26/h6-7,9,19,21,24H,2-5,8,10-18H2,1H3. The highest BCUT2D eigenvalue weighted by molar-refractivity contribution is 7.88. The van der Waals surface area contributed by atoms with Crippen molar-refractivity contribution in [3.05, 3.63) is 29.8 Å². The molecule has 1 saturated heterocycles. The van der Waals surface area contributed by atoms with Crippen LogP contribution >= 0.6 is 0 Å². The van der Waals surface area contributed by atoms with E-state index in [0.29, 0.717) is 25.7 Å². The summed E-state index contributed by atoms with van der Waals surface area (Å²) in [7, 11) is -3.29. The molecule has 7 nitrogen and oxygen atoms in total. The molecule has 1 aromatic rings. The molecule has 0 saturated carbocycles. The molecule has 1 amide bonds. The Bertz CT molecular complexity index is 815. The third-order valence-corrected chi connectivity index (χ3v) is 6.95. The average molecular weight is 452 g/mol. The molecule has 2 aliphatic heterocycles. The Morgan fingerprint density at radius 3 is 2.68 bits per heavy atom. The van der Waals surface area contributed by atoms with E-state index in [-0.39, 0.29) is 18.9 Å². The Morgan fingerprint density at radius 1 is 1.10 bits per heavy atom. The van der Waals surface area contributed by atoms with Crippen LogP contribution in [0.1, 0.15) is 50.5 Å². The highest BCUT2D eigenvalue weighted by Gasteiger charge is 2.22. The van der Waals surface area contributed by atoms with E-state index in [1.165, 1.54) is 37.8 Å². The van der Waals surface area contributed by atoms with Crippen molar-refractivity contribution in [1.29, 1.82) is 0 Å². The fourth-order valence-electron chi connectivity index (χ4n) is 4.56. The molecule has 0 aromatic heterocycles. The van der Waals surface area contributed by atoms with E-state index in [1.807, 2.05) is 17.0 Å². The number of ether oxygens (including phenoxy) is 1. The number of amides is 1. The van der Waals surface area contributed by atoms with Gasteiger partial charge in [-0.1, -0.05) is 18.6 Å². The number of hydrogen-bond donors (Lipinski definition) is 1. The predicted molar refractivity (Wildman–Crippen MR) is 123 cm³/mol. The van der Waals surface area contributed by atoms with Gasteiger partial charge in [-0.3, -0.25) is 4.79 Å². The minimum Gasteiger partial charge on any atom is -0.492 e. The molecule has 3 rings (SSSR count). The van der Waals surface area contributed by atoms with Crippen LogP contribution in [0.5, 0.6) is 5.75 Å². The molecule has 1 fully saturated rings. The molecule has 0 aliphatic carbocycles. The first-order chi connectivity index (χ1) is 14.9. The number of hydrogen-bond acceptors (Lipinski definition) is 5. The number of nitrogens with zero attached hydrogens (tertiary/aromatic N) is 2. The molecule has 1 N–H and O–H groups in total. The number of piperidine rings is 1. The number of benzene rings is 1. The molecule has 0 spiro atoms. The highest BCUT2D eigenvalue weighted by Crippen LogP contribution is 2.23. The van der Waals surface area contributed by atoms with Crippen LogP contribution < -0.4 is 9.46 Å². The maximum absolute atomic E-state index is 12.7. The summed E-state index contributed by atoms with van der Waals surface area (Å²) in [6, 6.07) is 8.94. The zero-order valence-electron chi connectivity index (χ0n) is 18.7. The van der Waals surface area contributed by atoms with Gasteiger partial charge in [0.2, 0.25) is 15.9 Å². The quantitative estimate of drug-likeness (QED) is 0.761. The topological polar surface area (TPSA) is 79.0 Å². The van der Waals surface area contributed by atoms with Gasteiger partial charge in [-0.05, 0) is 69.3 Å². The summed E-state index contributed by atoms with van der Waals surface area (Å²) in [6.07, 6.45) is 9.39. The number of aryl methyl sites for hydroxylation is 1. The van der Waals surface area contributed by atoms with E-state index in [4.69, 9.17) is 4.74 Å².